The number of aliphatic carboxylic acids is 1. The van der Waals surface area contributed by atoms with E-state index in [1.807, 2.05) is 60.7 Å². The molecule has 1 heterocycles. The number of benzene rings is 3. The third kappa shape index (κ3) is 5.52. The van der Waals surface area contributed by atoms with Gasteiger partial charge >= 0.3 is 5.97 Å². The topological polar surface area (TPSA) is 65.0 Å². The van der Waals surface area contributed by atoms with Crippen molar-refractivity contribution in [2.45, 2.75) is 76.2 Å². The highest BCUT2D eigenvalue weighted by atomic mass is 35.5. The van der Waals surface area contributed by atoms with Crippen LogP contribution in [0.15, 0.2) is 78.9 Å². The fraction of sp³-hybridized carbons (Fsp3) is 0.406. The summed E-state index contributed by atoms with van der Waals surface area (Å²) in [4.78, 5) is 12.1. The van der Waals surface area contributed by atoms with Gasteiger partial charge in [-0.05, 0) is 47.6 Å². The van der Waals surface area contributed by atoms with E-state index in [2.05, 4.69) is 26.0 Å². The molecule has 2 fully saturated rings. The molecule has 5 rings (SSSR count). The maximum Gasteiger partial charge on any atom is 0.314 e. The lowest BCUT2D eigenvalue weighted by molar-refractivity contribution is -0.234. The second-order valence-electron chi connectivity index (χ2n) is 10.5. The smallest absolute Gasteiger partial charge is 0.314 e. The third-order valence-corrected chi connectivity index (χ3v) is 8.34. The van der Waals surface area contributed by atoms with Crippen LogP contribution >= 0.6 is 11.6 Å². The maximum absolute atomic E-state index is 12.1. The lowest BCUT2D eigenvalue weighted by atomic mass is 9.83. The zero-order valence-electron chi connectivity index (χ0n) is 21.9. The summed E-state index contributed by atoms with van der Waals surface area (Å²) >= 11 is 6.55. The predicted octanol–water partition coefficient (Wildman–Crippen LogP) is 7.11. The lowest BCUT2D eigenvalue weighted by Gasteiger charge is -2.46. The van der Waals surface area contributed by atoms with E-state index in [0.717, 1.165) is 23.1 Å². The second kappa shape index (κ2) is 11.6. The van der Waals surface area contributed by atoms with Gasteiger partial charge in [0.1, 0.15) is 12.2 Å². The molecule has 1 aliphatic heterocycles. The molecule has 0 amide bonds. The molecule has 5 nitrogen and oxygen atoms in total. The SMILES string of the molecule is CC[C@H]1O[C@@H](c2ccc(Cl)c(C3(C(=O)O)CC3)c2)[C@H](OCc2ccccc2)[C@@H](OCc2ccccc2)[C@@H]1C. The van der Waals surface area contributed by atoms with Crippen LogP contribution in [0.25, 0.3) is 0 Å². The van der Waals surface area contributed by atoms with Crippen LogP contribution in [0.5, 0.6) is 0 Å². The Labute approximate surface area is 229 Å². The minimum absolute atomic E-state index is 0.0363. The van der Waals surface area contributed by atoms with Crippen molar-refractivity contribution in [2.24, 2.45) is 5.92 Å². The summed E-state index contributed by atoms with van der Waals surface area (Å²) in [5.41, 5.74) is 2.78. The van der Waals surface area contributed by atoms with Crippen LogP contribution < -0.4 is 0 Å². The minimum atomic E-state index is -0.914. The van der Waals surface area contributed by atoms with Crippen molar-refractivity contribution in [2.75, 3.05) is 0 Å². The lowest BCUT2D eigenvalue weighted by Crippen LogP contribution is -2.51. The monoisotopic (exact) mass is 534 g/mol. The van der Waals surface area contributed by atoms with Crippen LogP contribution in [0.3, 0.4) is 0 Å². The summed E-state index contributed by atoms with van der Waals surface area (Å²) in [6.45, 7) is 5.17. The summed E-state index contributed by atoms with van der Waals surface area (Å²) in [6, 6.07) is 25.9. The Hall–Kier alpha value is -2.70. The van der Waals surface area contributed by atoms with Gasteiger partial charge in [0.05, 0.1) is 30.8 Å². The average molecular weight is 535 g/mol. The Kier molecular flexibility index (Phi) is 8.20. The van der Waals surface area contributed by atoms with Gasteiger partial charge in [0.2, 0.25) is 0 Å². The summed E-state index contributed by atoms with van der Waals surface area (Å²) in [5, 5.41) is 10.4. The van der Waals surface area contributed by atoms with Crippen molar-refractivity contribution in [1.82, 2.24) is 0 Å². The molecule has 5 atom stereocenters. The molecule has 0 radical (unpaired) electrons. The number of carboxylic acids is 1. The van der Waals surface area contributed by atoms with Gasteiger partial charge in [-0.25, -0.2) is 0 Å². The molecule has 1 aliphatic carbocycles. The van der Waals surface area contributed by atoms with E-state index in [0.29, 0.717) is 36.6 Å². The van der Waals surface area contributed by atoms with Gasteiger partial charge in [-0.2, -0.15) is 0 Å². The molecule has 38 heavy (non-hydrogen) atoms. The third-order valence-electron chi connectivity index (χ3n) is 8.02. The largest absolute Gasteiger partial charge is 0.481 e. The number of rotatable bonds is 10. The highest BCUT2D eigenvalue weighted by Crippen LogP contribution is 2.52. The Bertz CT molecular complexity index is 1230. The molecule has 0 spiro atoms. The summed E-state index contributed by atoms with van der Waals surface area (Å²) in [5.74, 6) is -0.733. The quantitative estimate of drug-likeness (QED) is 0.300. The number of carboxylic acid groups (broad SMARTS) is 1. The van der Waals surface area contributed by atoms with E-state index in [-0.39, 0.29) is 18.1 Å². The fourth-order valence-electron chi connectivity index (χ4n) is 5.58. The molecule has 0 unspecified atom stereocenters. The molecule has 3 aromatic rings. The fourth-order valence-corrected chi connectivity index (χ4v) is 5.88. The van der Waals surface area contributed by atoms with Crippen molar-refractivity contribution >= 4 is 17.6 Å². The Morgan fingerprint density at radius 3 is 2.05 bits per heavy atom. The summed E-state index contributed by atoms with van der Waals surface area (Å²) < 4.78 is 19.9. The first-order valence-corrected chi connectivity index (χ1v) is 13.8. The van der Waals surface area contributed by atoms with Gasteiger partial charge in [-0.1, -0.05) is 98.2 Å². The Balaban J connectivity index is 1.50. The van der Waals surface area contributed by atoms with Crippen molar-refractivity contribution in [3.8, 4) is 0 Å². The predicted molar refractivity (Wildman–Crippen MR) is 147 cm³/mol. The molecule has 0 bridgehead atoms. The van der Waals surface area contributed by atoms with Crippen molar-refractivity contribution in [3.05, 3.63) is 106 Å². The highest BCUT2D eigenvalue weighted by Gasteiger charge is 2.53. The zero-order chi connectivity index (χ0) is 26.7. The van der Waals surface area contributed by atoms with Crippen molar-refractivity contribution in [3.63, 3.8) is 0 Å². The molecule has 1 saturated carbocycles. The first-order chi connectivity index (χ1) is 18.4. The van der Waals surface area contributed by atoms with E-state index in [9.17, 15) is 9.90 Å². The maximum atomic E-state index is 12.1. The normalized spacial score (nSPS) is 26.1. The second-order valence-corrected chi connectivity index (χ2v) is 10.9. The van der Waals surface area contributed by atoms with Crippen LogP contribution in [0.1, 0.15) is 61.5 Å². The van der Waals surface area contributed by atoms with Crippen molar-refractivity contribution in [1.29, 1.82) is 0 Å². The standard InChI is InChI=1S/C32H35ClO5/c1-3-27-21(2)28(36-19-22-10-6-4-7-11-22)30(37-20-23-12-8-5-9-13-23)29(38-27)24-14-15-26(33)25(18-24)32(16-17-32)31(34)35/h4-15,18,21,27-30H,3,16-17,19-20H2,1-2H3,(H,34,35)/t21-,27-,28+,29+,30-/m1/s1. The van der Waals surface area contributed by atoms with Gasteiger partial charge in [0, 0.05) is 10.9 Å². The summed E-state index contributed by atoms with van der Waals surface area (Å²) in [7, 11) is 0. The number of hydrogen-bond donors (Lipinski definition) is 1. The zero-order valence-corrected chi connectivity index (χ0v) is 22.6. The van der Waals surface area contributed by atoms with Crippen LogP contribution in [0.2, 0.25) is 5.02 Å². The molecule has 200 valence electrons. The van der Waals surface area contributed by atoms with Gasteiger partial charge in [0.25, 0.3) is 0 Å². The van der Waals surface area contributed by atoms with E-state index in [1.165, 1.54) is 0 Å². The highest BCUT2D eigenvalue weighted by molar-refractivity contribution is 6.31. The average Bonchev–Trinajstić information content (AvgIpc) is 3.75. The number of carbonyl (C=O) groups is 1. The van der Waals surface area contributed by atoms with Crippen LogP contribution in [0.4, 0.5) is 0 Å². The van der Waals surface area contributed by atoms with E-state index in [4.69, 9.17) is 25.8 Å². The molecule has 6 heteroatoms. The number of ether oxygens (including phenoxy) is 3. The van der Waals surface area contributed by atoms with E-state index >= 15 is 0 Å². The molecule has 1 N–H and O–H groups in total. The van der Waals surface area contributed by atoms with Gasteiger partial charge in [-0.15, -0.1) is 0 Å². The Morgan fingerprint density at radius 2 is 1.53 bits per heavy atom. The first kappa shape index (κ1) is 26.9. The molecular formula is C32H35ClO5. The summed E-state index contributed by atoms with van der Waals surface area (Å²) in [6.07, 6.45) is 0.910. The van der Waals surface area contributed by atoms with Crippen molar-refractivity contribution < 1.29 is 24.1 Å². The van der Waals surface area contributed by atoms with Gasteiger partial charge in [0.15, 0.2) is 0 Å². The Morgan fingerprint density at radius 1 is 0.947 bits per heavy atom. The van der Waals surface area contributed by atoms with Crippen LogP contribution in [-0.2, 0) is 37.6 Å². The molecule has 2 aliphatic rings. The van der Waals surface area contributed by atoms with Gasteiger partial charge in [-0.3, -0.25) is 4.79 Å². The minimum Gasteiger partial charge on any atom is -0.481 e. The molecule has 1 saturated heterocycles. The van der Waals surface area contributed by atoms with Crippen LogP contribution in [0, 0.1) is 5.92 Å². The molecule has 3 aromatic carbocycles. The molecule has 0 aromatic heterocycles. The van der Waals surface area contributed by atoms with E-state index < -0.39 is 23.6 Å². The first-order valence-electron chi connectivity index (χ1n) is 13.4. The number of halogens is 1. The number of hydrogen-bond acceptors (Lipinski definition) is 4. The van der Waals surface area contributed by atoms with Gasteiger partial charge < -0.3 is 19.3 Å². The molecular weight excluding hydrogens is 500 g/mol. The van der Waals surface area contributed by atoms with E-state index in [1.54, 1.807) is 6.07 Å². The van der Waals surface area contributed by atoms with Crippen LogP contribution in [-0.4, -0.2) is 29.4 Å².